The van der Waals surface area contributed by atoms with Crippen molar-refractivity contribution in [2.75, 3.05) is 0 Å². The zero-order valence-electron chi connectivity index (χ0n) is 8.59. The van der Waals surface area contributed by atoms with E-state index in [9.17, 15) is 0 Å². The highest BCUT2D eigenvalue weighted by molar-refractivity contribution is 7.16. The standard InChI is InChI=1S/C8H11ClN6S/c1-15-13-8(12-14-15)4-5(11-10)6-2-3-7(9)16-6/h2-3,5,11H,4,10H2,1H3. The minimum atomic E-state index is -0.0401. The molecule has 0 bridgehead atoms. The van der Waals surface area contributed by atoms with E-state index in [0.717, 1.165) is 9.21 Å². The number of aromatic nitrogens is 4. The fourth-order valence-electron chi connectivity index (χ4n) is 1.34. The second kappa shape index (κ2) is 4.88. The zero-order valence-corrected chi connectivity index (χ0v) is 10.2. The van der Waals surface area contributed by atoms with Crippen LogP contribution in [-0.4, -0.2) is 20.2 Å². The van der Waals surface area contributed by atoms with Crippen molar-refractivity contribution in [3.05, 3.63) is 27.2 Å². The second-order valence-corrected chi connectivity index (χ2v) is 5.01. The third-order valence-corrected chi connectivity index (χ3v) is 3.42. The van der Waals surface area contributed by atoms with Crippen LogP contribution in [0.4, 0.5) is 0 Å². The minimum Gasteiger partial charge on any atom is -0.271 e. The Kier molecular flexibility index (Phi) is 3.49. The molecule has 0 aliphatic carbocycles. The summed E-state index contributed by atoms with van der Waals surface area (Å²) in [6.45, 7) is 0. The molecule has 2 heterocycles. The molecule has 2 rings (SSSR count). The van der Waals surface area contributed by atoms with Gasteiger partial charge in [0, 0.05) is 11.3 Å². The lowest BCUT2D eigenvalue weighted by Crippen LogP contribution is -2.29. The number of thiophene rings is 1. The Bertz CT molecular complexity index is 467. The van der Waals surface area contributed by atoms with Crippen molar-refractivity contribution < 1.29 is 0 Å². The van der Waals surface area contributed by atoms with Gasteiger partial charge in [-0.05, 0) is 17.3 Å². The Morgan fingerprint density at radius 1 is 1.62 bits per heavy atom. The molecule has 6 nitrogen and oxygen atoms in total. The Morgan fingerprint density at radius 3 is 2.94 bits per heavy atom. The van der Waals surface area contributed by atoms with Gasteiger partial charge in [0.15, 0.2) is 5.82 Å². The van der Waals surface area contributed by atoms with Crippen molar-refractivity contribution in [3.63, 3.8) is 0 Å². The topological polar surface area (TPSA) is 81.7 Å². The number of halogens is 1. The van der Waals surface area contributed by atoms with Crippen molar-refractivity contribution >= 4 is 22.9 Å². The molecule has 16 heavy (non-hydrogen) atoms. The number of tetrazole rings is 1. The summed E-state index contributed by atoms with van der Waals surface area (Å²) in [6, 6.07) is 3.74. The maximum Gasteiger partial charge on any atom is 0.176 e. The van der Waals surface area contributed by atoms with Gasteiger partial charge >= 0.3 is 0 Å². The molecule has 0 aromatic carbocycles. The van der Waals surface area contributed by atoms with Crippen LogP contribution in [0.15, 0.2) is 12.1 Å². The van der Waals surface area contributed by atoms with Crippen LogP contribution >= 0.6 is 22.9 Å². The number of nitrogens with two attached hydrogens (primary N) is 1. The number of hydrogen-bond donors (Lipinski definition) is 2. The number of hydrazine groups is 1. The molecule has 0 spiro atoms. The molecule has 2 aromatic rings. The molecule has 0 amide bonds. The summed E-state index contributed by atoms with van der Waals surface area (Å²) in [6.07, 6.45) is 0.585. The van der Waals surface area contributed by atoms with Gasteiger partial charge in [-0.1, -0.05) is 11.6 Å². The number of rotatable bonds is 4. The molecule has 0 fully saturated rings. The van der Waals surface area contributed by atoms with E-state index in [2.05, 4.69) is 20.8 Å². The smallest absolute Gasteiger partial charge is 0.176 e. The lowest BCUT2D eigenvalue weighted by Gasteiger charge is -2.11. The molecule has 0 radical (unpaired) electrons. The molecular weight excluding hydrogens is 248 g/mol. The van der Waals surface area contributed by atoms with Gasteiger partial charge in [-0.2, -0.15) is 4.80 Å². The average molecular weight is 259 g/mol. The Hall–Kier alpha value is -1.02. The summed E-state index contributed by atoms with van der Waals surface area (Å²) in [5.41, 5.74) is 2.72. The fraction of sp³-hybridized carbons (Fsp3) is 0.375. The maximum absolute atomic E-state index is 5.87. The largest absolute Gasteiger partial charge is 0.271 e. The van der Waals surface area contributed by atoms with Crippen LogP contribution in [0.3, 0.4) is 0 Å². The summed E-state index contributed by atoms with van der Waals surface area (Å²) in [5, 5.41) is 11.8. The van der Waals surface area contributed by atoms with Crippen molar-refractivity contribution in [3.8, 4) is 0 Å². The van der Waals surface area contributed by atoms with Crippen molar-refractivity contribution in [2.24, 2.45) is 12.9 Å². The number of aryl methyl sites for hydroxylation is 1. The highest BCUT2D eigenvalue weighted by Gasteiger charge is 2.15. The average Bonchev–Trinajstić information content (AvgIpc) is 2.84. The highest BCUT2D eigenvalue weighted by atomic mass is 35.5. The van der Waals surface area contributed by atoms with E-state index >= 15 is 0 Å². The zero-order chi connectivity index (χ0) is 11.5. The first kappa shape index (κ1) is 11.5. The van der Waals surface area contributed by atoms with Crippen LogP contribution in [0.1, 0.15) is 16.7 Å². The van der Waals surface area contributed by atoms with Crippen LogP contribution in [0.5, 0.6) is 0 Å². The molecule has 0 saturated carbocycles. The van der Waals surface area contributed by atoms with Crippen molar-refractivity contribution in [1.29, 1.82) is 0 Å². The van der Waals surface area contributed by atoms with Gasteiger partial charge in [-0.25, -0.2) is 0 Å². The molecule has 86 valence electrons. The van der Waals surface area contributed by atoms with E-state index in [-0.39, 0.29) is 6.04 Å². The molecule has 2 aromatic heterocycles. The maximum atomic E-state index is 5.87. The lowest BCUT2D eigenvalue weighted by atomic mass is 10.2. The van der Waals surface area contributed by atoms with Crippen molar-refractivity contribution in [1.82, 2.24) is 25.6 Å². The van der Waals surface area contributed by atoms with Gasteiger partial charge in [0.2, 0.25) is 0 Å². The van der Waals surface area contributed by atoms with Crippen LogP contribution in [0, 0.1) is 0 Å². The van der Waals surface area contributed by atoms with Crippen LogP contribution in [0.25, 0.3) is 0 Å². The van der Waals surface area contributed by atoms with Gasteiger partial charge in [0.05, 0.1) is 17.4 Å². The Balaban J connectivity index is 2.12. The predicted octanol–water partition coefficient (Wildman–Crippen LogP) is 0.672. The highest BCUT2D eigenvalue weighted by Crippen LogP contribution is 2.27. The number of hydrogen-bond acceptors (Lipinski definition) is 6. The number of nitrogens with zero attached hydrogens (tertiary/aromatic N) is 4. The summed E-state index contributed by atoms with van der Waals surface area (Å²) < 4.78 is 0.738. The first-order chi connectivity index (χ1) is 7.69. The van der Waals surface area contributed by atoms with E-state index in [1.54, 1.807) is 7.05 Å². The first-order valence-corrected chi connectivity index (χ1v) is 5.82. The normalized spacial score (nSPS) is 12.9. The van der Waals surface area contributed by atoms with Gasteiger partial charge in [-0.3, -0.25) is 11.3 Å². The SMILES string of the molecule is Cn1nnc(CC(NN)c2ccc(Cl)s2)n1. The van der Waals surface area contributed by atoms with Crippen LogP contribution in [0.2, 0.25) is 4.34 Å². The molecule has 3 N–H and O–H groups in total. The second-order valence-electron chi connectivity index (χ2n) is 3.26. The molecule has 0 saturated heterocycles. The van der Waals surface area contributed by atoms with E-state index in [4.69, 9.17) is 17.4 Å². The third kappa shape index (κ3) is 2.56. The van der Waals surface area contributed by atoms with Crippen molar-refractivity contribution in [2.45, 2.75) is 12.5 Å². The van der Waals surface area contributed by atoms with Gasteiger partial charge in [0.25, 0.3) is 0 Å². The fourth-order valence-corrected chi connectivity index (χ4v) is 2.47. The molecule has 1 unspecified atom stereocenters. The monoisotopic (exact) mass is 258 g/mol. The first-order valence-electron chi connectivity index (χ1n) is 4.63. The van der Waals surface area contributed by atoms with E-state index in [1.165, 1.54) is 16.1 Å². The summed E-state index contributed by atoms with van der Waals surface area (Å²) in [5.74, 6) is 6.15. The van der Waals surface area contributed by atoms with Gasteiger partial charge < -0.3 is 0 Å². The lowest BCUT2D eigenvalue weighted by molar-refractivity contribution is 0.544. The van der Waals surface area contributed by atoms with E-state index in [1.807, 2.05) is 12.1 Å². The minimum absolute atomic E-state index is 0.0401. The summed E-state index contributed by atoms with van der Waals surface area (Å²) >= 11 is 7.36. The van der Waals surface area contributed by atoms with E-state index < -0.39 is 0 Å². The summed E-state index contributed by atoms with van der Waals surface area (Å²) in [4.78, 5) is 2.48. The molecular formula is C8H11ClN6S. The quantitative estimate of drug-likeness (QED) is 0.622. The molecule has 0 aliphatic rings. The number of nitrogens with one attached hydrogen (secondary N) is 1. The predicted molar refractivity (Wildman–Crippen MR) is 61.9 cm³/mol. The Labute approximate surface area is 101 Å². The van der Waals surface area contributed by atoms with E-state index in [0.29, 0.717) is 12.2 Å². The summed E-state index contributed by atoms with van der Waals surface area (Å²) in [7, 11) is 1.73. The van der Waals surface area contributed by atoms with Gasteiger partial charge in [-0.15, -0.1) is 21.5 Å². The van der Waals surface area contributed by atoms with Crippen LogP contribution < -0.4 is 11.3 Å². The molecule has 0 aliphatic heterocycles. The van der Waals surface area contributed by atoms with Gasteiger partial charge in [0.1, 0.15) is 0 Å². The van der Waals surface area contributed by atoms with Crippen LogP contribution in [-0.2, 0) is 13.5 Å². The third-order valence-electron chi connectivity index (χ3n) is 2.08. The molecule has 8 heteroatoms. The Morgan fingerprint density at radius 2 is 2.44 bits per heavy atom. The molecule has 1 atom stereocenters.